The summed E-state index contributed by atoms with van der Waals surface area (Å²) in [6.07, 6.45) is -5.24. The maximum atomic E-state index is 12.2. The zero-order chi connectivity index (χ0) is 22.6. The summed E-state index contributed by atoms with van der Waals surface area (Å²) in [6.45, 7) is 2.66. The number of esters is 1. The van der Waals surface area contributed by atoms with Crippen molar-refractivity contribution in [2.45, 2.75) is 52.0 Å². The number of nitrogens with one attached hydrogen (secondary N) is 1. The molecule has 0 bridgehead atoms. The van der Waals surface area contributed by atoms with Crippen LogP contribution in [-0.4, -0.2) is 48.0 Å². The third kappa shape index (κ3) is 5.24. The number of aliphatic hydroxyl groups is 1. The third-order valence-corrected chi connectivity index (χ3v) is 4.92. The molecule has 1 unspecified atom stereocenters. The number of ether oxygens (including phenoxy) is 2. The van der Waals surface area contributed by atoms with Gasteiger partial charge in [-0.1, -0.05) is 11.6 Å². The molecular weight excluding hydrogens is 407 g/mol. The number of hydrogen-bond donors (Lipinski definition) is 3. The van der Waals surface area contributed by atoms with Crippen LogP contribution in [0.3, 0.4) is 0 Å². The first kappa shape index (κ1) is 23.5. The van der Waals surface area contributed by atoms with E-state index in [2.05, 4.69) is 0 Å². The molecule has 30 heavy (non-hydrogen) atoms. The van der Waals surface area contributed by atoms with Gasteiger partial charge in [-0.15, -0.1) is 0 Å². The van der Waals surface area contributed by atoms with Crippen LogP contribution in [0.2, 0.25) is 0 Å². The number of rotatable bonds is 8. The Morgan fingerprint density at radius 3 is 2.63 bits per heavy atom. The lowest BCUT2D eigenvalue weighted by Gasteiger charge is -2.16. The van der Waals surface area contributed by atoms with Crippen molar-refractivity contribution < 1.29 is 42.4 Å². The summed E-state index contributed by atoms with van der Waals surface area (Å²) < 4.78 is 47.1. The van der Waals surface area contributed by atoms with E-state index < -0.39 is 30.7 Å². The second-order valence-corrected chi connectivity index (χ2v) is 7.03. The van der Waals surface area contributed by atoms with Crippen LogP contribution >= 0.6 is 0 Å². The number of aromatic hydroxyl groups is 1. The van der Waals surface area contributed by atoms with Gasteiger partial charge in [-0.3, -0.25) is 4.79 Å². The van der Waals surface area contributed by atoms with Crippen LogP contribution < -0.4 is 10.1 Å². The fourth-order valence-electron chi connectivity index (χ4n) is 3.13. The molecule has 0 radical (unpaired) electrons. The smallest absolute Gasteiger partial charge is 0.416 e. The Morgan fingerprint density at radius 2 is 2.03 bits per heavy atom. The first-order valence-corrected chi connectivity index (χ1v) is 9.22. The molecule has 1 heterocycles. The molecular formula is C20H24F3NO6. The third-order valence-electron chi connectivity index (χ3n) is 4.92. The Kier molecular flexibility index (Phi) is 7.35. The molecule has 3 N–H and O–H groups in total. The van der Waals surface area contributed by atoms with Crippen LogP contribution in [0.4, 0.5) is 13.2 Å². The molecule has 166 valence electrons. The topological polar surface area (TPSA) is 105 Å². The molecule has 1 amide bonds. The second kappa shape index (κ2) is 9.38. The van der Waals surface area contributed by atoms with Crippen LogP contribution in [0, 0.1) is 6.92 Å². The van der Waals surface area contributed by atoms with Gasteiger partial charge in [-0.05, 0) is 32.3 Å². The van der Waals surface area contributed by atoms with E-state index in [4.69, 9.17) is 14.6 Å². The number of methoxy groups -OCH3 is 1. The minimum atomic E-state index is -4.79. The molecule has 1 atom stereocenters. The number of phenols is 1. The highest BCUT2D eigenvalue weighted by Crippen LogP contribution is 2.42. The van der Waals surface area contributed by atoms with E-state index in [1.165, 1.54) is 7.11 Å². The van der Waals surface area contributed by atoms with E-state index >= 15 is 0 Å². The number of fused-ring (bicyclic) bond motifs is 1. The van der Waals surface area contributed by atoms with Gasteiger partial charge in [-0.2, -0.15) is 13.2 Å². The van der Waals surface area contributed by atoms with Crippen LogP contribution in [0.25, 0.3) is 0 Å². The standard InChI is InChI=1S/C20H24F3NO6/c1-10(5-7-15(26)24-8-14(25)20(21,22)23)4-6-12-17(27)16-13(9-30-19(16)28)11(2)18(12)29-3/h4,14,25,27H,5-9H2,1-3H3,(H,24,26)/b10-4-. The molecule has 1 aromatic rings. The number of hydrogen-bond acceptors (Lipinski definition) is 6. The van der Waals surface area contributed by atoms with Crippen molar-refractivity contribution in [1.29, 1.82) is 0 Å². The summed E-state index contributed by atoms with van der Waals surface area (Å²) in [5.41, 5.74) is 2.56. The molecule has 7 nitrogen and oxygen atoms in total. The molecule has 0 saturated heterocycles. The van der Waals surface area contributed by atoms with Gasteiger partial charge < -0.3 is 25.0 Å². The van der Waals surface area contributed by atoms with E-state index in [1.807, 2.05) is 5.32 Å². The lowest BCUT2D eigenvalue weighted by molar-refractivity contribution is -0.201. The zero-order valence-corrected chi connectivity index (χ0v) is 16.9. The molecule has 0 aromatic heterocycles. The Hall–Kier alpha value is -2.75. The van der Waals surface area contributed by atoms with Gasteiger partial charge in [0.25, 0.3) is 0 Å². The number of benzene rings is 1. The Balaban J connectivity index is 2.02. The molecule has 1 aliphatic heterocycles. The van der Waals surface area contributed by atoms with Gasteiger partial charge in [0.2, 0.25) is 5.91 Å². The number of alkyl halides is 3. The van der Waals surface area contributed by atoms with Crippen molar-refractivity contribution in [2.24, 2.45) is 0 Å². The number of aliphatic hydroxyl groups excluding tert-OH is 1. The van der Waals surface area contributed by atoms with Gasteiger partial charge in [0.05, 0.1) is 13.7 Å². The van der Waals surface area contributed by atoms with Crippen molar-refractivity contribution >= 4 is 11.9 Å². The predicted octanol–water partition coefficient (Wildman–Crippen LogP) is 2.69. The summed E-state index contributed by atoms with van der Waals surface area (Å²) in [7, 11) is 1.45. The molecule has 1 aliphatic rings. The quantitative estimate of drug-likeness (QED) is 0.432. The SMILES string of the molecule is COc1c(C)c2c(c(O)c1C/C=C(/C)CCC(=O)NCC(O)C(F)(F)F)C(=O)OC2. The summed E-state index contributed by atoms with van der Waals surface area (Å²) >= 11 is 0. The lowest BCUT2D eigenvalue weighted by atomic mass is 9.94. The molecule has 0 saturated carbocycles. The summed E-state index contributed by atoms with van der Waals surface area (Å²) in [5.74, 6) is -0.999. The highest BCUT2D eigenvalue weighted by molar-refractivity contribution is 5.98. The minimum absolute atomic E-state index is 0.0639. The van der Waals surface area contributed by atoms with E-state index in [9.17, 15) is 27.9 Å². The predicted molar refractivity (Wildman–Crippen MR) is 100 cm³/mol. The molecule has 2 rings (SSSR count). The Labute approximate surface area is 171 Å². The van der Waals surface area contributed by atoms with E-state index in [1.54, 1.807) is 19.9 Å². The first-order chi connectivity index (χ1) is 14.0. The number of amides is 1. The maximum absolute atomic E-state index is 12.2. The summed E-state index contributed by atoms with van der Waals surface area (Å²) in [5, 5.41) is 21.5. The molecule has 0 aliphatic carbocycles. The fourth-order valence-corrected chi connectivity index (χ4v) is 3.13. The van der Waals surface area contributed by atoms with E-state index in [-0.39, 0.29) is 37.2 Å². The number of cyclic esters (lactones) is 1. The first-order valence-electron chi connectivity index (χ1n) is 9.22. The van der Waals surface area contributed by atoms with Gasteiger partial charge in [0, 0.05) is 17.5 Å². The minimum Gasteiger partial charge on any atom is -0.507 e. The molecule has 0 fully saturated rings. The van der Waals surface area contributed by atoms with Crippen molar-refractivity contribution in [1.82, 2.24) is 5.32 Å². The number of carbonyl (C=O) groups is 2. The summed E-state index contributed by atoms with van der Waals surface area (Å²) in [6, 6.07) is 0. The van der Waals surface area contributed by atoms with Crippen LogP contribution in [0.15, 0.2) is 11.6 Å². The Morgan fingerprint density at radius 1 is 1.37 bits per heavy atom. The fraction of sp³-hybridized carbons (Fsp3) is 0.500. The largest absolute Gasteiger partial charge is 0.507 e. The van der Waals surface area contributed by atoms with Crippen molar-refractivity contribution in [3.8, 4) is 11.5 Å². The normalized spacial score (nSPS) is 14.9. The Bertz CT molecular complexity index is 863. The lowest BCUT2D eigenvalue weighted by Crippen LogP contribution is -2.40. The van der Waals surface area contributed by atoms with Gasteiger partial charge in [0.1, 0.15) is 23.7 Å². The van der Waals surface area contributed by atoms with E-state index in [0.29, 0.717) is 22.4 Å². The van der Waals surface area contributed by atoms with Gasteiger partial charge in [-0.25, -0.2) is 4.79 Å². The average Bonchev–Trinajstić information content (AvgIpc) is 3.07. The van der Waals surface area contributed by atoms with Crippen molar-refractivity contribution in [3.63, 3.8) is 0 Å². The molecule has 10 heteroatoms. The van der Waals surface area contributed by atoms with Crippen molar-refractivity contribution in [3.05, 3.63) is 33.9 Å². The highest BCUT2D eigenvalue weighted by atomic mass is 19.4. The van der Waals surface area contributed by atoms with E-state index in [0.717, 1.165) is 5.57 Å². The highest BCUT2D eigenvalue weighted by Gasteiger charge is 2.38. The average molecular weight is 431 g/mol. The van der Waals surface area contributed by atoms with Gasteiger partial charge >= 0.3 is 12.1 Å². The zero-order valence-electron chi connectivity index (χ0n) is 16.9. The van der Waals surface area contributed by atoms with Crippen molar-refractivity contribution in [2.75, 3.05) is 13.7 Å². The number of phenolic OH excluding ortho intramolecular Hbond substituents is 1. The number of halogens is 3. The van der Waals surface area contributed by atoms with Crippen LogP contribution in [0.5, 0.6) is 11.5 Å². The second-order valence-electron chi connectivity index (χ2n) is 7.03. The van der Waals surface area contributed by atoms with Crippen LogP contribution in [0.1, 0.15) is 46.8 Å². The number of allylic oxidation sites excluding steroid dienone is 2. The van der Waals surface area contributed by atoms with Gasteiger partial charge in [0.15, 0.2) is 6.10 Å². The number of carbonyl (C=O) groups excluding carboxylic acids is 2. The maximum Gasteiger partial charge on any atom is 0.416 e. The molecule has 1 aromatic carbocycles. The molecule has 0 spiro atoms. The monoisotopic (exact) mass is 431 g/mol. The summed E-state index contributed by atoms with van der Waals surface area (Å²) in [4.78, 5) is 23.6. The van der Waals surface area contributed by atoms with Crippen LogP contribution in [-0.2, 0) is 22.6 Å².